The van der Waals surface area contributed by atoms with E-state index in [2.05, 4.69) is 15.1 Å². The fraction of sp³-hybridized carbons (Fsp3) is 0.333. The van der Waals surface area contributed by atoms with Gasteiger partial charge in [0.25, 0.3) is 5.91 Å². The summed E-state index contributed by atoms with van der Waals surface area (Å²) in [5.41, 5.74) is 0.892. The molecule has 3 aromatic heterocycles. The highest BCUT2D eigenvalue weighted by molar-refractivity contribution is 5.91. The summed E-state index contributed by atoms with van der Waals surface area (Å²) in [5.74, 6) is 2.02. The number of hydrogen-bond acceptors (Lipinski definition) is 6. The summed E-state index contributed by atoms with van der Waals surface area (Å²) in [6, 6.07) is 7.14. The lowest BCUT2D eigenvalue weighted by Crippen LogP contribution is -2.38. The molecule has 1 aliphatic rings. The molecule has 0 radical (unpaired) electrons. The van der Waals surface area contributed by atoms with E-state index in [0.717, 1.165) is 37.9 Å². The van der Waals surface area contributed by atoms with E-state index >= 15 is 0 Å². The summed E-state index contributed by atoms with van der Waals surface area (Å²) in [7, 11) is 0. The number of carbonyl (C=O) groups excluding carboxylic acids is 1. The predicted molar refractivity (Wildman–Crippen MR) is 88.6 cm³/mol. The van der Waals surface area contributed by atoms with Crippen LogP contribution in [0.3, 0.4) is 0 Å². The van der Waals surface area contributed by atoms with Crippen molar-refractivity contribution < 1.29 is 13.7 Å². The van der Waals surface area contributed by atoms with Gasteiger partial charge >= 0.3 is 0 Å². The Balaban J connectivity index is 1.33. The van der Waals surface area contributed by atoms with Crippen LogP contribution in [0, 0.1) is 5.92 Å². The summed E-state index contributed by atoms with van der Waals surface area (Å²) >= 11 is 0. The van der Waals surface area contributed by atoms with Gasteiger partial charge in [-0.15, -0.1) is 0 Å². The predicted octanol–water partition coefficient (Wildman–Crippen LogP) is 2.82. The van der Waals surface area contributed by atoms with Crippen LogP contribution < -0.4 is 0 Å². The number of piperidine rings is 1. The van der Waals surface area contributed by atoms with Crippen molar-refractivity contribution in [1.82, 2.24) is 20.0 Å². The third-order valence-corrected chi connectivity index (χ3v) is 4.50. The van der Waals surface area contributed by atoms with Gasteiger partial charge in [0.05, 0.1) is 6.26 Å². The lowest BCUT2D eigenvalue weighted by atomic mass is 9.93. The van der Waals surface area contributed by atoms with Gasteiger partial charge in [-0.25, -0.2) is 0 Å². The van der Waals surface area contributed by atoms with Crippen molar-refractivity contribution in [2.75, 3.05) is 13.1 Å². The number of pyridine rings is 1. The second-order valence-corrected chi connectivity index (χ2v) is 6.16. The van der Waals surface area contributed by atoms with Crippen molar-refractivity contribution in [2.24, 2.45) is 5.92 Å². The van der Waals surface area contributed by atoms with Crippen LogP contribution >= 0.6 is 0 Å². The van der Waals surface area contributed by atoms with Gasteiger partial charge in [0.15, 0.2) is 5.76 Å². The van der Waals surface area contributed by atoms with Gasteiger partial charge in [0, 0.05) is 37.5 Å². The molecule has 0 spiro atoms. The molecule has 25 heavy (non-hydrogen) atoms. The Morgan fingerprint density at radius 1 is 1.20 bits per heavy atom. The SMILES string of the molecule is O=C(c1ccco1)N1CCC(Cc2nc(-c3ccncc3)no2)CC1. The summed E-state index contributed by atoms with van der Waals surface area (Å²) in [6.07, 6.45) is 7.50. The number of rotatable bonds is 4. The van der Waals surface area contributed by atoms with Crippen LogP contribution in [0.2, 0.25) is 0 Å². The van der Waals surface area contributed by atoms with Crippen LogP contribution in [0.5, 0.6) is 0 Å². The normalized spacial score (nSPS) is 15.4. The van der Waals surface area contributed by atoms with Crippen molar-refractivity contribution in [3.8, 4) is 11.4 Å². The van der Waals surface area contributed by atoms with E-state index in [-0.39, 0.29) is 5.91 Å². The Hall–Kier alpha value is -2.96. The molecule has 7 nitrogen and oxygen atoms in total. The molecule has 1 aliphatic heterocycles. The number of carbonyl (C=O) groups is 1. The van der Waals surface area contributed by atoms with Gasteiger partial charge in [0.1, 0.15) is 0 Å². The number of furan rings is 1. The van der Waals surface area contributed by atoms with Crippen LogP contribution in [-0.2, 0) is 6.42 Å². The van der Waals surface area contributed by atoms with Gasteiger partial charge in [-0.2, -0.15) is 4.98 Å². The fourth-order valence-electron chi connectivity index (χ4n) is 3.10. The highest BCUT2D eigenvalue weighted by atomic mass is 16.5. The number of nitrogens with zero attached hydrogens (tertiary/aromatic N) is 4. The molecule has 0 atom stereocenters. The minimum absolute atomic E-state index is 0.0405. The smallest absolute Gasteiger partial charge is 0.289 e. The van der Waals surface area contributed by atoms with Gasteiger partial charge < -0.3 is 13.8 Å². The number of hydrogen-bond donors (Lipinski definition) is 0. The molecule has 0 bridgehead atoms. The zero-order valence-corrected chi connectivity index (χ0v) is 13.7. The second kappa shape index (κ2) is 6.88. The molecule has 0 aliphatic carbocycles. The van der Waals surface area contributed by atoms with E-state index in [1.807, 2.05) is 17.0 Å². The van der Waals surface area contributed by atoms with E-state index in [1.54, 1.807) is 24.5 Å². The van der Waals surface area contributed by atoms with Crippen molar-refractivity contribution in [2.45, 2.75) is 19.3 Å². The Labute approximate surface area is 144 Å². The molecule has 4 heterocycles. The highest BCUT2D eigenvalue weighted by Gasteiger charge is 2.26. The van der Waals surface area contributed by atoms with Crippen molar-refractivity contribution in [3.05, 3.63) is 54.6 Å². The maximum atomic E-state index is 12.3. The summed E-state index contributed by atoms with van der Waals surface area (Å²) in [6.45, 7) is 1.44. The highest BCUT2D eigenvalue weighted by Crippen LogP contribution is 2.23. The molecular formula is C18H18N4O3. The van der Waals surface area contributed by atoms with E-state index < -0.39 is 0 Å². The molecular weight excluding hydrogens is 320 g/mol. The van der Waals surface area contributed by atoms with E-state index in [9.17, 15) is 4.79 Å². The van der Waals surface area contributed by atoms with Crippen LogP contribution in [0.1, 0.15) is 29.3 Å². The number of amides is 1. The molecule has 1 fully saturated rings. The van der Waals surface area contributed by atoms with Crippen LogP contribution in [0.15, 0.2) is 51.9 Å². The van der Waals surface area contributed by atoms with Gasteiger partial charge in [-0.05, 0) is 43.0 Å². The van der Waals surface area contributed by atoms with Crippen molar-refractivity contribution >= 4 is 5.91 Å². The Bertz CT molecular complexity index is 821. The summed E-state index contributed by atoms with van der Waals surface area (Å²) in [5, 5.41) is 4.04. The van der Waals surface area contributed by atoms with Crippen molar-refractivity contribution in [3.63, 3.8) is 0 Å². The van der Waals surface area contributed by atoms with E-state index in [0.29, 0.717) is 23.4 Å². The molecule has 1 amide bonds. The Kier molecular flexibility index (Phi) is 4.28. The molecule has 128 valence electrons. The molecule has 7 heteroatoms. The summed E-state index contributed by atoms with van der Waals surface area (Å²) < 4.78 is 10.6. The fourth-order valence-corrected chi connectivity index (χ4v) is 3.10. The van der Waals surface area contributed by atoms with Gasteiger partial charge in [0.2, 0.25) is 11.7 Å². The van der Waals surface area contributed by atoms with E-state index in [1.165, 1.54) is 6.26 Å². The van der Waals surface area contributed by atoms with Gasteiger partial charge in [-0.1, -0.05) is 5.16 Å². The average molecular weight is 338 g/mol. The molecule has 3 aromatic rings. The lowest BCUT2D eigenvalue weighted by Gasteiger charge is -2.30. The Morgan fingerprint density at radius 2 is 2.00 bits per heavy atom. The monoisotopic (exact) mass is 338 g/mol. The first-order valence-electron chi connectivity index (χ1n) is 8.35. The molecule has 1 saturated heterocycles. The third kappa shape index (κ3) is 3.45. The molecule has 0 saturated carbocycles. The number of likely N-dealkylation sites (tertiary alicyclic amines) is 1. The molecule has 0 unspecified atom stereocenters. The Morgan fingerprint density at radius 3 is 2.72 bits per heavy atom. The first-order chi connectivity index (χ1) is 12.3. The first-order valence-corrected chi connectivity index (χ1v) is 8.35. The first kappa shape index (κ1) is 15.6. The maximum Gasteiger partial charge on any atom is 0.289 e. The minimum atomic E-state index is -0.0405. The van der Waals surface area contributed by atoms with Crippen molar-refractivity contribution in [1.29, 1.82) is 0 Å². The van der Waals surface area contributed by atoms with E-state index in [4.69, 9.17) is 8.94 Å². The zero-order chi connectivity index (χ0) is 17.1. The summed E-state index contributed by atoms with van der Waals surface area (Å²) in [4.78, 5) is 22.6. The zero-order valence-electron chi connectivity index (χ0n) is 13.7. The van der Waals surface area contributed by atoms with Crippen LogP contribution in [0.25, 0.3) is 11.4 Å². The maximum absolute atomic E-state index is 12.3. The lowest BCUT2D eigenvalue weighted by molar-refractivity contribution is 0.0655. The minimum Gasteiger partial charge on any atom is -0.459 e. The quantitative estimate of drug-likeness (QED) is 0.727. The topological polar surface area (TPSA) is 85.3 Å². The van der Waals surface area contributed by atoms with Gasteiger partial charge in [-0.3, -0.25) is 9.78 Å². The molecule has 0 aromatic carbocycles. The standard InChI is InChI=1S/C18H18N4O3/c23-18(15-2-1-11-24-15)22-9-5-13(6-10-22)12-16-20-17(21-25-16)14-3-7-19-8-4-14/h1-4,7-8,11,13H,5-6,9-10,12H2. The molecule has 4 rings (SSSR count). The van der Waals surface area contributed by atoms with Crippen LogP contribution in [-0.4, -0.2) is 39.0 Å². The number of aromatic nitrogens is 3. The van der Waals surface area contributed by atoms with Crippen LogP contribution in [0.4, 0.5) is 0 Å². The third-order valence-electron chi connectivity index (χ3n) is 4.50. The molecule has 0 N–H and O–H groups in total. The second-order valence-electron chi connectivity index (χ2n) is 6.16. The average Bonchev–Trinajstić information content (AvgIpc) is 3.35. The largest absolute Gasteiger partial charge is 0.459 e.